The molecular formula is C40H64O11. The number of carboxylic acid groups (broad SMARTS) is 3. The van der Waals surface area contributed by atoms with Gasteiger partial charge in [0.15, 0.2) is 0 Å². The molecule has 2 saturated heterocycles. The summed E-state index contributed by atoms with van der Waals surface area (Å²) >= 11 is 0. The molecule has 11 nitrogen and oxygen atoms in total. The van der Waals surface area contributed by atoms with E-state index in [-0.39, 0.29) is 37.2 Å². The first kappa shape index (κ1) is 41.3. The van der Waals surface area contributed by atoms with E-state index in [9.17, 15) is 39.6 Å². The molecule has 0 unspecified atom stereocenters. The predicted molar refractivity (Wildman–Crippen MR) is 190 cm³/mol. The first-order valence-corrected chi connectivity index (χ1v) is 18.7. The lowest BCUT2D eigenvalue weighted by Gasteiger charge is -2.63. The minimum Gasteiger partial charge on any atom is -0.481 e. The van der Waals surface area contributed by atoms with Gasteiger partial charge in [0.2, 0.25) is 0 Å². The number of carbonyl (C=O) groups is 4. The first-order valence-electron chi connectivity index (χ1n) is 18.7. The smallest absolute Gasteiger partial charge is 0.311 e. The van der Waals surface area contributed by atoms with Crippen LogP contribution in [0.1, 0.15) is 133 Å². The van der Waals surface area contributed by atoms with Crippen molar-refractivity contribution in [1.82, 2.24) is 0 Å². The summed E-state index contributed by atoms with van der Waals surface area (Å²) in [4.78, 5) is 50.9. The summed E-state index contributed by atoms with van der Waals surface area (Å²) in [5, 5.41) is 41.8. The van der Waals surface area contributed by atoms with Gasteiger partial charge in [-0.05, 0) is 141 Å². The van der Waals surface area contributed by atoms with Crippen molar-refractivity contribution in [1.29, 1.82) is 0 Å². The highest BCUT2D eigenvalue weighted by Crippen LogP contribution is 2.64. The Bertz CT molecular complexity index is 1410. The summed E-state index contributed by atoms with van der Waals surface area (Å²) in [5.74, 6) is -4.56. The van der Waals surface area contributed by atoms with Crippen molar-refractivity contribution in [3.05, 3.63) is 12.7 Å². The molecular weight excluding hydrogens is 656 g/mol. The Morgan fingerprint density at radius 2 is 1.20 bits per heavy atom. The van der Waals surface area contributed by atoms with Crippen LogP contribution < -0.4 is 0 Å². The maximum atomic E-state index is 14.0. The number of aliphatic hydroxyl groups is 1. The number of hydrogen-bond acceptors (Lipinski definition) is 8. The van der Waals surface area contributed by atoms with Crippen LogP contribution in [0, 0.1) is 45.3 Å². The molecule has 0 aromatic rings. The Morgan fingerprint density at radius 3 is 1.65 bits per heavy atom. The SMILES string of the molecule is C=C[C@@]1(C)CC[C@H]2[C@](C)(CC(=O)O)[C@@H](C(C)(C)C(=O)OC[C@@H](O)[C@]3(C)CC[C@H]4[C@](C)(CC(=O)O)[C@@H](C(C)(C)C(=O)O)CC[C@]4(C)O3)CC[C@]2(C)O1. The Labute approximate surface area is 303 Å². The van der Waals surface area contributed by atoms with Crippen LogP contribution in [0.2, 0.25) is 0 Å². The zero-order chi connectivity index (χ0) is 38.8. The average Bonchev–Trinajstić information content (AvgIpc) is 2.97. The van der Waals surface area contributed by atoms with Crippen molar-refractivity contribution < 1.29 is 53.8 Å². The number of esters is 1. The molecule has 0 aromatic carbocycles. The van der Waals surface area contributed by atoms with E-state index >= 15 is 0 Å². The largest absolute Gasteiger partial charge is 0.481 e. The van der Waals surface area contributed by atoms with E-state index in [0.717, 1.165) is 6.42 Å². The number of aliphatic carboxylic acids is 3. The summed E-state index contributed by atoms with van der Waals surface area (Å²) in [6.45, 7) is 22.2. The molecule has 2 aliphatic carbocycles. The van der Waals surface area contributed by atoms with Crippen LogP contribution in [-0.4, -0.2) is 79.4 Å². The second-order valence-electron chi connectivity index (χ2n) is 19.0. The van der Waals surface area contributed by atoms with Crippen LogP contribution in [0.25, 0.3) is 0 Å². The van der Waals surface area contributed by atoms with Crippen LogP contribution in [0.3, 0.4) is 0 Å². The van der Waals surface area contributed by atoms with E-state index in [2.05, 4.69) is 13.5 Å². The topological polar surface area (TPSA) is 177 Å². The van der Waals surface area contributed by atoms with Crippen molar-refractivity contribution in [2.75, 3.05) is 6.61 Å². The molecule has 0 bridgehead atoms. The molecule has 0 spiro atoms. The van der Waals surface area contributed by atoms with Gasteiger partial charge < -0.3 is 34.6 Å². The van der Waals surface area contributed by atoms with Crippen LogP contribution >= 0.6 is 0 Å². The van der Waals surface area contributed by atoms with Crippen molar-refractivity contribution in [2.24, 2.45) is 45.3 Å². The third kappa shape index (κ3) is 7.12. The molecule has 0 aromatic heterocycles. The molecule has 290 valence electrons. The summed E-state index contributed by atoms with van der Waals surface area (Å²) in [7, 11) is 0. The van der Waals surface area contributed by atoms with Crippen molar-refractivity contribution >= 4 is 23.9 Å². The lowest BCUT2D eigenvalue weighted by molar-refractivity contribution is -0.284. The molecule has 11 atom stereocenters. The van der Waals surface area contributed by atoms with Crippen molar-refractivity contribution in [3.8, 4) is 0 Å². The van der Waals surface area contributed by atoms with Gasteiger partial charge in [-0.3, -0.25) is 19.2 Å². The Kier molecular flexibility index (Phi) is 10.9. The fourth-order valence-electron chi connectivity index (χ4n) is 12.0. The van der Waals surface area contributed by atoms with Crippen LogP contribution in [0.5, 0.6) is 0 Å². The molecule has 2 aliphatic heterocycles. The summed E-state index contributed by atoms with van der Waals surface area (Å²) < 4.78 is 19.3. The number of fused-ring (bicyclic) bond motifs is 2. The van der Waals surface area contributed by atoms with E-state index in [1.54, 1.807) is 34.6 Å². The zero-order valence-corrected chi connectivity index (χ0v) is 32.6. The Hall–Kier alpha value is -2.50. The van der Waals surface area contributed by atoms with Gasteiger partial charge >= 0.3 is 23.9 Å². The minimum absolute atomic E-state index is 0.114. The second-order valence-corrected chi connectivity index (χ2v) is 19.0. The van der Waals surface area contributed by atoms with Gasteiger partial charge in [-0.2, -0.15) is 0 Å². The number of carboxylic acids is 3. The quantitative estimate of drug-likeness (QED) is 0.122. The molecule has 0 amide bonds. The Morgan fingerprint density at radius 1 is 0.745 bits per heavy atom. The number of carbonyl (C=O) groups excluding carboxylic acids is 1. The van der Waals surface area contributed by atoms with Gasteiger partial charge in [0, 0.05) is 0 Å². The van der Waals surface area contributed by atoms with Gasteiger partial charge in [-0.15, -0.1) is 6.58 Å². The van der Waals surface area contributed by atoms with Gasteiger partial charge in [0.1, 0.15) is 12.7 Å². The third-order valence-electron chi connectivity index (χ3n) is 14.7. The highest BCUT2D eigenvalue weighted by Gasteiger charge is 2.65. The standard InChI is InChI=1S/C40H64O11/c1-12-35(6)17-13-26-37(8,22-30(44)45)25(15-18-38(26,9)50-35)34(4,5)32(48)49-23-28(41)40(11)20-16-27-36(7,21-29(42)43)24(33(2,3)31(46)47)14-19-39(27,10)51-40/h12,24-28,41H,1,13-23H2,2-11H3,(H,42,43)(H,44,45)(H,46,47)/t24-,25-,26+,27+,28-,35+,36-,37-,38+,39+,40+/m1/s1. The molecule has 4 N–H and O–H groups in total. The fraction of sp³-hybridized carbons (Fsp3) is 0.850. The third-order valence-corrected chi connectivity index (χ3v) is 14.7. The number of aliphatic hydroxyl groups excluding tert-OH is 1. The van der Waals surface area contributed by atoms with Crippen LogP contribution in [0.15, 0.2) is 12.7 Å². The lowest BCUT2D eigenvalue weighted by Crippen LogP contribution is -2.65. The normalized spacial score (nSPS) is 42.1. The van der Waals surface area contributed by atoms with E-state index < -0.39 is 80.0 Å². The molecule has 51 heavy (non-hydrogen) atoms. The van der Waals surface area contributed by atoms with Crippen molar-refractivity contribution in [3.63, 3.8) is 0 Å². The number of hydrogen-bond donors (Lipinski definition) is 4. The van der Waals surface area contributed by atoms with E-state index in [4.69, 9.17) is 14.2 Å². The average molecular weight is 721 g/mol. The van der Waals surface area contributed by atoms with Crippen LogP contribution in [-0.2, 0) is 33.4 Å². The maximum absolute atomic E-state index is 14.0. The zero-order valence-electron chi connectivity index (χ0n) is 32.6. The Balaban J connectivity index is 1.52. The number of rotatable bonds is 12. The van der Waals surface area contributed by atoms with Gasteiger partial charge in [-0.1, -0.05) is 19.9 Å². The van der Waals surface area contributed by atoms with Crippen molar-refractivity contribution in [2.45, 2.75) is 162 Å². The molecule has 2 saturated carbocycles. The minimum atomic E-state index is -1.20. The molecule has 4 fully saturated rings. The summed E-state index contributed by atoms with van der Waals surface area (Å²) in [6.07, 6.45) is 4.73. The fourth-order valence-corrected chi connectivity index (χ4v) is 12.0. The highest BCUT2D eigenvalue weighted by molar-refractivity contribution is 5.77. The maximum Gasteiger partial charge on any atom is 0.311 e. The molecule has 2 heterocycles. The van der Waals surface area contributed by atoms with Gasteiger partial charge in [0.05, 0.1) is 46.1 Å². The van der Waals surface area contributed by atoms with E-state index in [0.29, 0.717) is 44.9 Å². The summed E-state index contributed by atoms with van der Waals surface area (Å²) in [6, 6.07) is 0. The monoisotopic (exact) mass is 720 g/mol. The highest BCUT2D eigenvalue weighted by atomic mass is 16.6. The predicted octanol–water partition coefficient (Wildman–Crippen LogP) is 6.88. The van der Waals surface area contributed by atoms with Gasteiger partial charge in [0.25, 0.3) is 0 Å². The van der Waals surface area contributed by atoms with E-state index in [1.165, 1.54) is 0 Å². The number of ether oxygens (including phenoxy) is 3. The first-order chi connectivity index (χ1) is 23.2. The van der Waals surface area contributed by atoms with Crippen LogP contribution in [0.4, 0.5) is 0 Å². The summed E-state index contributed by atoms with van der Waals surface area (Å²) in [5.41, 5.74) is -6.94. The van der Waals surface area contributed by atoms with E-state index in [1.807, 2.05) is 33.8 Å². The molecule has 4 rings (SSSR count). The molecule has 4 aliphatic rings. The molecule has 0 radical (unpaired) electrons. The second kappa shape index (κ2) is 13.4. The lowest BCUT2D eigenvalue weighted by atomic mass is 9.47. The molecule has 11 heteroatoms. The van der Waals surface area contributed by atoms with Gasteiger partial charge in [-0.25, -0.2) is 0 Å².